The highest BCUT2D eigenvalue weighted by molar-refractivity contribution is 8.02. The van der Waals surface area contributed by atoms with Crippen molar-refractivity contribution in [1.82, 2.24) is 4.98 Å². The summed E-state index contributed by atoms with van der Waals surface area (Å²) in [6, 6.07) is 12.3. The van der Waals surface area contributed by atoms with Crippen LogP contribution in [-0.2, 0) is 6.54 Å². The molecule has 2 heterocycles. The third kappa shape index (κ3) is 4.11. The fraction of sp³-hybridized carbons (Fsp3) is 0.158. The fourth-order valence-electron chi connectivity index (χ4n) is 2.39. The molecule has 0 amide bonds. The van der Waals surface area contributed by atoms with Crippen LogP contribution in [0.25, 0.3) is 5.70 Å². The summed E-state index contributed by atoms with van der Waals surface area (Å²) in [5, 5.41) is 2.06. The molecule has 0 spiro atoms. The number of hydrogen-bond acceptors (Lipinski definition) is 4. The molecule has 1 unspecified atom stereocenters. The summed E-state index contributed by atoms with van der Waals surface area (Å²) < 4.78 is 13.8. The molecule has 1 aliphatic heterocycles. The van der Waals surface area contributed by atoms with E-state index < -0.39 is 0 Å². The Morgan fingerprint density at radius 2 is 2.12 bits per heavy atom. The second kappa shape index (κ2) is 7.93. The fourth-order valence-corrected chi connectivity index (χ4v) is 3.29. The lowest BCUT2D eigenvalue weighted by Crippen LogP contribution is -2.13. The molecular weight excluding hydrogens is 321 g/mol. The molecule has 122 valence electrons. The average molecular weight is 339 g/mol. The van der Waals surface area contributed by atoms with Gasteiger partial charge >= 0.3 is 0 Å². The van der Waals surface area contributed by atoms with Gasteiger partial charge in [0.05, 0.1) is 17.9 Å². The van der Waals surface area contributed by atoms with Gasteiger partial charge in [0.25, 0.3) is 0 Å². The number of nitrogens with zero attached hydrogens (tertiary/aromatic N) is 2. The van der Waals surface area contributed by atoms with E-state index in [1.165, 1.54) is 6.07 Å². The Bertz CT molecular complexity index is 784. The molecule has 2 aromatic rings. The number of allylic oxidation sites excluding steroid dienone is 2. The normalized spacial score (nSPS) is 18.1. The zero-order chi connectivity index (χ0) is 16.8. The molecule has 0 aliphatic carbocycles. The van der Waals surface area contributed by atoms with Crippen molar-refractivity contribution in [3.05, 3.63) is 83.3 Å². The number of hydrogen-bond donors (Lipinski definition) is 1. The van der Waals surface area contributed by atoms with Crippen LogP contribution < -0.4 is 5.73 Å². The molecule has 1 aliphatic rings. The first-order chi connectivity index (χ1) is 11.7. The SMILES string of the molecule is NC(=CC(=NCc1ccccc1F)C1C=CSC1)c1ccccn1. The zero-order valence-corrected chi connectivity index (χ0v) is 13.9. The molecule has 1 aromatic heterocycles. The van der Waals surface area contributed by atoms with E-state index >= 15 is 0 Å². The van der Waals surface area contributed by atoms with Crippen molar-refractivity contribution in [2.75, 3.05) is 5.75 Å². The number of nitrogens with two attached hydrogens (primary N) is 1. The van der Waals surface area contributed by atoms with E-state index in [1.807, 2.05) is 30.3 Å². The Labute approximate surface area is 145 Å². The number of aromatic nitrogens is 1. The van der Waals surface area contributed by atoms with E-state index in [0.717, 1.165) is 11.5 Å². The highest BCUT2D eigenvalue weighted by atomic mass is 32.2. The van der Waals surface area contributed by atoms with Crippen LogP contribution in [0.4, 0.5) is 4.39 Å². The van der Waals surface area contributed by atoms with Crippen molar-refractivity contribution in [3.63, 3.8) is 0 Å². The molecule has 3 rings (SSSR count). The van der Waals surface area contributed by atoms with Crippen molar-refractivity contribution < 1.29 is 4.39 Å². The summed E-state index contributed by atoms with van der Waals surface area (Å²) in [4.78, 5) is 8.89. The van der Waals surface area contributed by atoms with E-state index in [2.05, 4.69) is 21.5 Å². The van der Waals surface area contributed by atoms with Crippen LogP contribution in [0.5, 0.6) is 0 Å². The maximum atomic E-state index is 13.8. The number of benzene rings is 1. The molecule has 2 N–H and O–H groups in total. The van der Waals surface area contributed by atoms with Crippen molar-refractivity contribution in [3.8, 4) is 0 Å². The molecule has 0 saturated heterocycles. The summed E-state index contributed by atoms with van der Waals surface area (Å²) >= 11 is 1.74. The Hall–Kier alpha value is -2.40. The highest BCUT2D eigenvalue weighted by Crippen LogP contribution is 2.23. The van der Waals surface area contributed by atoms with Crippen LogP contribution >= 0.6 is 11.8 Å². The largest absolute Gasteiger partial charge is 0.397 e. The van der Waals surface area contributed by atoms with Crippen molar-refractivity contribution in [1.29, 1.82) is 0 Å². The summed E-state index contributed by atoms with van der Waals surface area (Å²) in [6.07, 6.45) is 5.66. The standard InChI is InChI=1S/C19H18FN3S/c20-16-6-2-1-5-14(16)12-23-19(15-8-10-24-13-15)11-17(21)18-7-3-4-9-22-18/h1-11,15H,12-13,21H2. The van der Waals surface area contributed by atoms with Crippen LogP contribution in [0.2, 0.25) is 0 Å². The topological polar surface area (TPSA) is 51.3 Å². The van der Waals surface area contributed by atoms with Gasteiger partial charge in [-0.1, -0.05) is 30.3 Å². The molecule has 0 radical (unpaired) electrons. The first-order valence-corrected chi connectivity index (χ1v) is 8.73. The molecule has 5 heteroatoms. The van der Waals surface area contributed by atoms with E-state index in [-0.39, 0.29) is 11.7 Å². The van der Waals surface area contributed by atoms with Crippen molar-refractivity contribution >= 4 is 23.2 Å². The lowest BCUT2D eigenvalue weighted by Gasteiger charge is -2.10. The minimum absolute atomic E-state index is 0.184. The minimum atomic E-state index is -0.237. The first kappa shape index (κ1) is 16.5. The number of rotatable bonds is 5. The van der Waals surface area contributed by atoms with Gasteiger partial charge in [-0.25, -0.2) is 4.39 Å². The second-order valence-corrected chi connectivity index (χ2v) is 6.35. The maximum absolute atomic E-state index is 13.8. The van der Waals surface area contributed by atoms with E-state index in [9.17, 15) is 4.39 Å². The summed E-state index contributed by atoms with van der Waals surface area (Å²) in [5.74, 6) is 0.866. The van der Waals surface area contributed by atoms with Crippen LogP contribution in [0, 0.1) is 11.7 Å². The Kier molecular flexibility index (Phi) is 5.43. The predicted octanol–water partition coefficient (Wildman–Crippen LogP) is 4.04. The van der Waals surface area contributed by atoms with Gasteiger partial charge in [-0.2, -0.15) is 0 Å². The van der Waals surface area contributed by atoms with E-state index in [4.69, 9.17) is 5.73 Å². The second-order valence-electron chi connectivity index (χ2n) is 5.42. The number of aliphatic imine (C=N–C) groups is 1. The van der Waals surface area contributed by atoms with Crippen LogP contribution in [-0.4, -0.2) is 16.4 Å². The van der Waals surface area contributed by atoms with E-state index in [0.29, 0.717) is 23.5 Å². The van der Waals surface area contributed by atoms with Gasteiger partial charge in [0.15, 0.2) is 0 Å². The first-order valence-electron chi connectivity index (χ1n) is 7.68. The Balaban J connectivity index is 1.88. The van der Waals surface area contributed by atoms with Gasteiger partial charge in [-0.15, -0.1) is 11.8 Å². The number of halogens is 1. The Morgan fingerprint density at radius 1 is 1.29 bits per heavy atom. The lowest BCUT2D eigenvalue weighted by molar-refractivity contribution is 0.610. The van der Waals surface area contributed by atoms with Gasteiger partial charge in [0.2, 0.25) is 0 Å². The molecule has 3 nitrogen and oxygen atoms in total. The molecular formula is C19H18FN3S. The number of pyridine rings is 1. The highest BCUT2D eigenvalue weighted by Gasteiger charge is 2.16. The van der Waals surface area contributed by atoms with Gasteiger partial charge in [0.1, 0.15) is 5.82 Å². The van der Waals surface area contributed by atoms with Crippen molar-refractivity contribution in [2.24, 2.45) is 16.6 Å². The maximum Gasteiger partial charge on any atom is 0.128 e. The third-order valence-electron chi connectivity index (χ3n) is 3.72. The Morgan fingerprint density at radius 3 is 2.83 bits per heavy atom. The molecule has 0 saturated carbocycles. The van der Waals surface area contributed by atoms with E-state index in [1.54, 1.807) is 30.1 Å². The third-order valence-corrected chi connectivity index (χ3v) is 4.62. The molecule has 24 heavy (non-hydrogen) atoms. The van der Waals surface area contributed by atoms with Crippen LogP contribution in [0.3, 0.4) is 0 Å². The monoisotopic (exact) mass is 339 g/mol. The van der Waals surface area contributed by atoms with Crippen molar-refractivity contribution in [2.45, 2.75) is 6.54 Å². The number of thioether (sulfide) groups is 1. The lowest BCUT2D eigenvalue weighted by atomic mass is 10.0. The molecule has 1 atom stereocenters. The summed E-state index contributed by atoms with van der Waals surface area (Å²) in [6.45, 7) is 0.295. The quantitative estimate of drug-likeness (QED) is 0.837. The molecule has 0 bridgehead atoms. The van der Waals surface area contributed by atoms with Crippen LogP contribution in [0.1, 0.15) is 11.3 Å². The van der Waals surface area contributed by atoms with Gasteiger partial charge < -0.3 is 5.73 Å². The van der Waals surface area contributed by atoms with Gasteiger partial charge in [0, 0.05) is 29.1 Å². The average Bonchev–Trinajstić information content (AvgIpc) is 3.15. The van der Waals surface area contributed by atoms with Crippen LogP contribution in [0.15, 0.2) is 71.2 Å². The molecule has 1 aromatic carbocycles. The summed E-state index contributed by atoms with van der Waals surface area (Å²) in [5.41, 5.74) is 8.88. The smallest absolute Gasteiger partial charge is 0.128 e. The summed E-state index contributed by atoms with van der Waals surface area (Å²) in [7, 11) is 0. The zero-order valence-electron chi connectivity index (χ0n) is 13.1. The van der Waals surface area contributed by atoms with Gasteiger partial charge in [-0.05, 0) is 29.7 Å². The predicted molar refractivity (Wildman–Crippen MR) is 99.0 cm³/mol. The minimum Gasteiger partial charge on any atom is -0.397 e. The molecule has 0 fully saturated rings. The van der Waals surface area contributed by atoms with Gasteiger partial charge in [-0.3, -0.25) is 9.98 Å².